The minimum atomic E-state index is -0.342. The molecule has 0 saturated heterocycles. The summed E-state index contributed by atoms with van der Waals surface area (Å²) in [6.07, 6.45) is 5.05. The average Bonchev–Trinajstić information content (AvgIpc) is 3.18. The number of rotatable bonds is 5. The number of allylic oxidation sites excluding steroid dienone is 1. The van der Waals surface area contributed by atoms with Crippen molar-refractivity contribution in [1.29, 1.82) is 0 Å². The van der Waals surface area contributed by atoms with Crippen LogP contribution in [-0.4, -0.2) is 31.9 Å². The van der Waals surface area contributed by atoms with Crippen molar-refractivity contribution in [2.24, 2.45) is 4.99 Å². The monoisotopic (exact) mass is 404 g/mol. The molecule has 2 atom stereocenters. The molecule has 1 amide bonds. The average molecular weight is 404 g/mol. The molecule has 30 heavy (non-hydrogen) atoms. The zero-order valence-electron chi connectivity index (χ0n) is 17.4. The van der Waals surface area contributed by atoms with Gasteiger partial charge in [0, 0.05) is 16.8 Å². The normalized spacial score (nSPS) is 19.6. The van der Waals surface area contributed by atoms with Gasteiger partial charge in [-0.3, -0.25) is 9.79 Å². The van der Waals surface area contributed by atoms with Crippen LogP contribution in [-0.2, 0) is 4.74 Å². The Kier molecular flexibility index (Phi) is 5.42. The standard InChI is InChI=1S/C24H24N2O4/c1-14-5-6-17(11-15(14)2)24-26-19-13-18(8-10-20(19)30-24)25-23(27)16-7-9-21(28-3)22(12-16)29-4/h5-13,20,24H,1-4H3,(H,25,27)/t20-,24+/m1/s1. The van der Waals surface area contributed by atoms with E-state index in [1.165, 1.54) is 18.2 Å². The second-order valence-electron chi connectivity index (χ2n) is 7.29. The van der Waals surface area contributed by atoms with Crippen molar-refractivity contribution < 1.29 is 19.0 Å². The molecule has 1 aliphatic heterocycles. The molecule has 2 aliphatic rings. The van der Waals surface area contributed by atoms with Gasteiger partial charge in [-0.1, -0.05) is 18.2 Å². The molecular formula is C24H24N2O4. The number of aliphatic imine (C=N–C) groups is 1. The largest absolute Gasteiger partial charge is 0.493 e. The number of carbonyl (C=O) groups excluding carboxylic acids is 1. The van der Waals surface area contributed by atoms with E-state index < -0.39 is 0 Å². The highest BCUT2D eigenvalue weighted by molar-refractivity contribution is 6.04. The van der Waals surface area contributed by atoms with Crippen LogP contribution in [0.2, 0.25) is 0 Å². The van der Waals surface area contributed by atoms with Crippen molar-refractivity contribution in [3.63, 3.8) is 0 Å². The maximum absolute atomic E-state index is 12.7. The maximum Gasteiger partial charge on any atom is 0.255 e. The lowest BCUT2D eigenvalue weighted by atomic mass is 10.1. The van der Waals surface area contributed by atoms with Crippen LogP contribution >= 0.6 is 0 Å². The van der Waals surface area contributed by atoms with Crippen molar-refractivity contribution in [3.05, 3.63) is 82.6 Å². The third-order valence-corrected chi connectivity index (χ3v) is 5.31. The molecule has 6 nitrogen and oxygen atoms in total. The Morgan fingerprint density at radius 3 is 2.57 bits per heavy atom. The molecule has 154 valence electrons. The number of fused-ring (bicyclic) bond motifs is 1. The summed E-state index contributed by atoms with van der Waals surface area (Å²) in [7, 11) is 3.09. The summed E-state index contributed by atoms with van der Waals surface area (Å²) in [5, 5.41) is 2.91. The quantitative estimate of drug-likeness (QED) is 0.817. The molecule has 0 aromatic heterocycles. The van der Waals surface area contributed by atoms with Crippen LogP contribution in [0.25, 0.3) is 0 Å². The molecular weight excluding hydrogens is 380 g/mol. The number of hydrogen-bond acceptors (Lipinski definition) is 5. The van der Waals surface area contributed by atoms with Gasteiger partial charge in [-0.05, 0) is 61.4 Å². The van der Waals surface area contributed by atoms with Gasteiger partial charge in [0.2, 0.25) is 0 Å². The first-order valence-corrected chi connectivity index (χ1v) is 9.72. The number of benzene rings is 2. The number of aryl methyl sites for hydroxylation is 2. The van der Waals surface area contributed by atoms with Gasteiger partial charge in [-0.2, -0.15) is 0 Å². The Labute approximate surface area is 175 Å². The summed E-state index contributed by atoms with van der Waals surface area (Å²) < 4.78 is 16.6. The van der Waals surface area contributed by atoms with Gasteiger partial charge in [0.15, 0.2) is 17.7 Å². The lowest BCUT2D eigenvalue weighted by Crippen LogP contribution is -2.26. The molecule has 0 saturated carbocycles. The predicted octanol–water partition coefficient (Wildman–Crippen LogP) is 4.04. The second-order valence-corrected chi connectivity index (χ2v) is 7.29. The number of nitrogens with zero attached hydrogens (tertiary/aromatic N) is 1. The lowest BCUT2D eigenvalue weighted by Gasteiger charge is -2.15. The Bertz CT molecular complexity index is 1080. The SMILES string of the molecule is COc1ccc(C(=O)NC2=CC3=N[C@H](c4ccc(C)c(C)c4)O[C@@H]3C=C2)cc1OC. The van der Waals surface area contributed by atoms with Crippen LogP contribution in [0.1, 0.15) is 33.3 Å². The minimum Gasteiger partial charge on any atom is -0.493 e. The number of nitrogens with one attached hydrogen (secondary N) is 1. The van der Waals surface area contributed by atoms with E-state index in [2.05, 4.69) is 31.3 Å². The van der Waals surface area contributed by atoms with E-state index in [1.807, 2.05) is 24.3 Å². The molecule has 0 unspecified atom stereocenters. The minimum absolute atomic E-state index is 0.210. The first-order chi connectivity index (χ1) is 14.5. The third kappa shape index (κ3) is 3.86. The highest BCUT2D eigenvalue weighted by Gasteiger charge is 2.29. The summed E-state index contributed by atoms with van der Waals surface area (Å²) in [5.74, 6) is 0.835. The summed E-state index contributed by atoms with van der Waals surface area (Å²) in [6.45, 7) is 4.16. The predicted molar refractivity (Wildman–Crippen MR) is 115 cm³/mol. The van der Waals surface area contributed by atoms with Crippen molar-refractivity contribution in [2.45, 2.75) is 26.2 Å². The van der Waals surface area contributed by atoms with Crippen LogP contribution in [0.5, 0.6) is 11.5 Å². The topological polar surface area (TPSA) is 69.2 Å². The fourth-order valence-electron chi connectivity index (χ4n) is 3.44. The van der Waals surface area contributed by atoms with E-state index >= 15 is 0 Å². The number of carbonyl (C=O) groups is 1. The second kappa shape index (κ2) is 8.16. The number of methoxy groups -OCH3 is 2. The summed E-state index contributed by atoms with van der Waals surface area (Å²) in [5.41, 5.74) is 5.40. The highest BCUT2D eigenvalue weighted by atomic mass is 16.5. The van der Waals surface area contributed by atoms with Crippen molar-refractivity contribution in [2.75, 3.05) is 14.2 Å². The van der Waals surface area contributed by atoms with Gasteiger partial charge in [0.05, 0.1) is 19.9 Å². The zero-order valence-corrected chi connectivity index (χ0v) is 17.4. The molecule has 2 aromatic carbocycles. The summed E-state index contributed by atoms with van der Waals surface area (Å²) >= 11 is 0. The zero-order chi connectivity index (χ0) is 21.3. The van der Waals surface area contributed by atoms with Crippen LogP contribution in [0.3, 0.4) is 0 Å². The van der Waals surface area contributed by atoms with Crippen molar-refractivity contribution in [3.8, 4) is 11.5 Å². The Hall–Kier alpha value is -3.38. The third-order valence-electron chi connectivity index (χ3n) is 5.31. The summed E-state index contributed by atoms with van der Waals surface area (Å²) in [4.78, 5) is 17.4. The van der Waals surface area contributed by atoms with E-state index in [4.69, 9.17) is 19.2 Å². The first-order valence-electron chi connectivity index (χ1n) is 9.72. The number of amides is 1. The van der Waals surface area contributed by atoms with Gasteiger partial charge < -0.3 is 19.5 Å². The van der Waals surface area contributed by atoms with Gasteiger partial charge in [0.25, 0.3) is 5.91 Å². The molecule has 6 heteroatoms. The van der Waals surface area contributed by atoms with E-state index in [9.17, 15) is 4.79 Å². The van der Waals surface area contributed by atoms with Crippen LogP contribution < -0.4 is 14.8 Å². The molecule has 2 aromatic rings. The van der Waals surface area contributed by atoms with Crippen molar-refractivity contribution in [1.82, 2.24) is 5.32 Å². The maximum atomic E-state index is 12.7. The summed E-state index contributed by atoms with van der Waals surface area (Å²) in [6, 6.07) is 11.3. The molecule has 1 aliphatic carbocycles. The molecule has 0 fully saturated rings. The fraction of sp³-hybridized carbons (Fsp3) is 0.250. The molecule has 1 N–H and O–H groups in total. The van der Waals surface area contributed by atoms with E-state index in [-0.39, 0.29) is 18.2 Å². The number of ether oxygens (including phenoxy) is 3. The number of hydrogen-bond donors (Lipinski definition) is 1. The van der Waals surface area contributed by atoms with Gasteiger partial charge in [-0.25, -0.2) is 0 Å². The van der Waals surface area contributed by atoms with E-state index in [0.29, 0.717) is 22.8 Å². The van der Waals surface area contributed by atoms with Gasteiger partial charge >= 0.3 is 0 Å². The van der Waals surface area contributed by atoms with Crippen LogP contribution in [0.15, 0.2) is 65.3 Å². The van der Waals surface area contributed by atoms with E-state index in [1.54, 1.807) is 25.3 Å². The van der Waals surface area contributed by atoms with Crippen LogP contribution in [0.4, 0.5) is 0 Å². The first kappa shape index (κ1) is 19.9. The van der Waals surface area contributed by atoms with E-state index in [0.717, 1.165) is 11.3 Å². The van der Waals surface area contributed by atoms with Crippen molar-refractivity contribution >= 4 is 11.6 Å². The Morgan fingerprint density at radius 1 is 1.03 bits per heavy atom. The molecule has 4 rings (SSSR count). The lowest BCUT2D eigenvalue weighted by molar-refractivity contribution is 0.0732. The Morgan fingerprint density at radius 2 is 1.83 bits per heavy atom. The van der Waals surface area contributed by atoms with Gasteiger partial charge in [0.1, 0.15) is 6.10 Å². The molecule has 0 spiro atoms. The molecule has 1 heterocycles. The fourth-order valence-corrected chi connectivity index (χ4v) is 3.44. The highest BCUT2D eigenvalue weighted by Crippen LogP contribution is 2.31. The molecule has 0 radical (unpaired) electrons. The molecule has 0 bridgehead atoms. The van der Waals surface area contributed by atoms with Crippen LogP contribution in [0, 0.1) is 13.8 Å². The van der Waals surface area contributed by atoms with Gasteiger partial charge in [-0.15, -0.1) is 0 Å². The smallest absolute Gasteiger partial charge is 0.255 e. The Balaban J connectivity index is 1.51.